The summed E-state index contributed by atoms with van der Waals surface area (Å²) >= 11 is 2.85. The smallest absolute Gasteiger partial charge is 0.267 e. The van der Waals surface area contributed by atoms with Crippen LogP contribution in [0.25, 0.3) is 0 Å². The Morgan fingerprint density at radius 1 is 1.38 bits per heavy atom. The molecule has 1 aromatic carbocycles. The lowest BCUT2D eigenvalue weighted by atomic mass is 10.2. The Morgan fingerprint density at radius 3 is 2.67 bits per heavy atom. The summed E-state index contributed by atoms with van der Waals surface area (Å²) in [6, 6.07) is 7.63. The molecule has 0 spiro atoms. The van der Waals surface area contributed by atoms with Gasteiger partial charge in [-0.15, -0.1) is 10.2 Å². The van der Waals surface area contributed by atoms with Crippen LogP contribution in [0.15, 0.2) is 28.6 Å². The van der Waals surface area contributed by atoms with Crippen molar-refractivity contribution in [1.29, 1.82) is 0 Å². The lowest BCUT2D eigenvalue weighted by molar-refractivity contribution is -0.122. The lowest BCUT2D eigenvalue weighted by Crippen LogP contribution is -2.32. The molecule has 0 saturated carbocycles. The van der Waals surface area contributed by atoms with Crippen LogP contribution in [-0.2, 0) is 4.79 Å². The minimum atomic E-state index is -0.547. The summed E-state index contributed by atoms with van der Waals surface area (Å²) in [7, 11) is 0. The average molecular weight is 323 g/mol. The molecule has 1 aromatic heterocycles. The number of rotatable bonds is 6. The number of anilines is 1. The zero-order valence-electron chi connectivity index (χ0n) is 12.1. The SMILES string of the molecule is CC[C@@H](Oc1ccc(C)cc1)C(=O)Nc1nnc(SC)s1. The third kappa shape index (κ3) is 4.44. The number of hydrogen-bond donors (Lipinski definition) is 1. The normalized spacial score (nSPS) is 12.0. The van der Waals surface area contributed by atoms with Crippen molar-refractivity contribution < 1.29 is 9.53 Å². The zero-order chi connectivity index (χ0) is 15.2. The Kier molecular flexibility index (Phi) is 5.58. The van der Waals surface area contributed by atoms with Crippen LogP contribution in [0.4, 0.5) is 5.13 Å². The molecule has 112 valence electrons. The number of aromatic nitrogens is 2. The number of nitrogens with one attached hydrogen (secondary N) is 1. The van der Waals surface area contributed by atoms with E-state index in [4.69, 9.17) is 4.74 Å². The maximum atomic E-state index is 12.2. The summed E-state index contributed by atoms with van der Waals surface area (Å²) in [6.07, 6.45) is 1.95. The average Bonchev–Trinajstić information content (AvgIpc) is 2.94. The van der Waals surface area contributed by atoms with Crippen LogP contribution in [-0.4, -0.2) is 28.5 Å². The topological polar surface area (TPSA) is 64.1 Å². The highest BCUT2D eigenvalue weighted by atomic mass is 32.2. The van der Waals surface area contributed by atoms with Crippen LogP contribution < -0.4 is 10.1 Å². The predicted molar refractivity (Wildman–Crippen MR) is 86.2 cm³/mol. The lowest BCUT2D eigenvalue weighted by Gasteiger charge is -2.16. The summed E-state index contributed by atoms with van der Waals surface area (Å²) in [4.78, 5) is 12.2. The molecule has 1 amide bonds. The minimum Gasteiger partial charge on any atom is -0.481 e. The quantitative estimate of drug-likeness (QED) is 0.652. The molecule has 0 fully saturated rings. The van der Waals surface area contributed by atoms with E-state index in [9.17, 15) is 4.79 Å². The van der Waals surface area contributed by atoms with Gasteiger partial charge in [0.15, 0.2) is 10.4 Å². The first-order valence-corrected chi connectivity index (χ1v) is 8.58. The van der Waals surface area contributed by atoms with E-state index >= 15 is 0 Å². The number of carbonyl (C=O) groups is 1. The van der Waals surface area contributed by atoms with Gasteiger partial charge in [0.2, 0.25) is 5.13 Å². The molecule has 0 radical (unpaired) electrons. The van der Waals surface area contributed by atoms with Crippen LogP contribution in [0.1, 0.15) is 18.9 Å². The number of thioether (sulfide) groups is 1. The van der Waals surface area contributed by atoms with Gasteiger partial charge in [0, 0.05) is 0 Å². The molecular formula is C14H17N3O2S2. The van der Waals surface area contributed by atoms with Crippen molar-refractivity contribution in [2.24, 2.45) is 0 Å². The number of amides is 1. The van der Waals surface area contributed by atoms with Gasteiger partial charge in [-0.1, -0.05) is 47.7 Å². The van der Waals surface area contributed by atoms with Crippen LogP contribution >= 0.6 is 23.1 Å². The third-order valence-electron chi connectivity index (χ3n) is 2.77. The van der Waals surface area contributed by atoms with Gasteiger partial charge in [0.25, 0.3) is 5.91 Å². The molecule has 0 aliphatic heterocycles. The van der Waals surface area contributed by atoms with Crippen molar-refractivity contribution in [1.82, 2.24) is 10.2 Å². The Morgan fingerprint density at radius 2 is 2.10 bits per heavy atom. The molecule has 1 atom stereocenters. The van der Waals surface area contributed by atoms with Gasteiger partial charge in [0.1, 0.15) is 5.75 Å². The van der Waals surface area contributed by atoms with Crippen molar-refractivity contribution >= 4 is 34.1 Å². The highest BCUT2D eigenvalue weighted by Crippen LogP contribution is 2.23. The fraction of sp³-hybridized carbons (Fsp3) is 0.357. The summed E-state index contributed by atoms with van der Waals surface area (Å²) in [6.45, 7) is 3.92. The monoisotopic (exact) mass is 323 g/mol. The second-order valence-electron chi connectivity index (χ2n) is 4.39. The van der Waals surface area contributed by atoms with Gasteiger partial charge < -0.3 is 4.74 Å². The number of nitrogens with zero attached hydrogens (tertiary/aromatic N) is 2. The third-order valence-corrected chi connectivity index (χ3v) is 4.59. The summed E-state index contributed by atoms with van der Waals surface area (Å²) in [5, 5.41) is 11.1. The van der Waals surface area contributed by atoms with Crippen molar-refractivity contribution in [2.75, 3.05) is 11.6 Å². The van der Waals surface area contributed by atoms with Gasteiger partial charge in [-0.25, -0.2) is 0 Å². The first-order valence-electron chi connectivity index (χ1n) is 6.54. The molecule has 7 heteroatoms. The number of aryl methyl sites for hydroxylation is 1. The fourth-order valence-corrected chi connectivity index (χ4v) is 2.80. The van der Waals surface area contributed by atoms with E-state index in [-0.39, 0.29) is 5.91 Å². The number of carbonyl (C=O) groups excluding carboxylic acids is 1. The fourth-order valence-electron chi connectivity index (χ4n) is 1.63. The number of hydrogen-bond acceptors (Lipinski definition) is 6. The largest absolute Gasteiger partial charge is 0.481 e. The molecular weight excluding hydrogens is 306 g/mol. The van der Waals surface area contributed by atoms with E-state index in [0.29, 0.717) is 17.3 Å². The van der Waals surface area contributed by atoms with Crippen LogP contribution in [0.5, 0.6) is 5.75 Å². The first kappa shape index (κ1) is 15.8. The summed E-state index contributed by atoms with van der Waals surface area (Å²) in [5.74, 6) is 0.478. The van der Waals surface area contributed by atoms with E-state index < -0.39 is 6.10 Å². The minimum absolute atomic E-state index is 0.207. The molecule has 1 N–H and O–H groups in total. The second-order valence-corrected chi connectivity index (χ2v) is 6.43. The van der Waals surface area contributed by atoms with Gasteiger partial charge in [-0.2, -0.15) is 0 Å². The van der Waals surface area contributed by atoms with Crippen molar-refractivity contribution in [2.45, 2.75) is 30.7 Å². The van der Waals surface area contributed by atoms with Crippen molar-refractivity contribution in [3.8, 4) is 5.75 Å². The molecule has 1 heterocycles. The van der Waals surface area contributed by atoms with E-state index in [1.807, 2.05) is 44.4 Å². The molecule has 21 heavy (non-hydrogen) atoms. The standard InChI is InChI=1S/C14H17N3O2S2/c1-4-11(19-10-7-5-9(2)6-8-10)12(18)15-13-16-17-14(20-3)21-13/h5-8,11H,4H2,1-3H3,(H,15,16,18)/t11-/m1/s1. The first-order chi connectivity index (χ1) is 10.1. The molecule has 2 rings (SSSR count). The van der Waals surface area contributed by atoms with E-state index in [2.05, 4.69) is 15.5 Å². The van der Waals surface area contributed by atoms with Gasteiger partial charge in [-0.3, -0.25) is 10.1 Å². The number of benzene rings is 1. The highest BCUT2D eigenvalue weighted by molar-refractivity contribution is 8.00. The van der Waals surface area contributed by atoms with Crippen molar-refractivity contribution in [3.05, 3.63) is 29.8 Å². The molecule has 0 bridgehead atoms. The Hall–Kier alpha value is -1.60. The second kappa shape index (κ2) is 7.42. The van der Waals surface area contributed by atoms with Gasteiger partial charge >= 0.3 is 0 Å². The molecule has 0 aliphatic rings. The molecule has 5 nitrogen and oxygen atoms in total. The molecule has 0 unspecified atom stereocenters. The zero-order valence-corrected chi connectivity index (χ0v) is 13.8. The van der Waals surface area contributed by atoms with Crippen molar-refractivity contribution in [3.63, 3.8) is 0 Å². The van der Waals surface area contributed by atoms with Gasteiger partial charge in [0.05, 0.1) is 0 Å². The Labute approximate surface area is 132 Å². The highest BCUT2D eigenvalue weighted by Gasteiger charge is 2.20. The predicted octanol–water partition coefficient (Wildman–Crippen LogP) is 3.36. The van der Waals surface area contributed by atoms with Crippen LogP contribution in [0.2, 0.25) is 0 Å². The van der Waals surface area contributed by atoms with E-state index in [0.717, 1.165) is 9.90 Å². The summed E-state index contributed by atoms with van der Waals surface area (Å²) in [5.41, 5.74) is 1.15. The molecule has 0 aliphatic carbocycles. The number of ether oxygens (including phenoxy) is 1. The van der Waals surface area contributed by atoms with Crippen LogP contribution in [0, 0.1) is 6.92 Å². The van der Waals surface area contributed by atoms with Gasteiger partial charge in [-0.05, 0) is 31.7 Å². The summed E-state index contributed by atoms with van der Waals surface area (Å²) < 4.78 is 6.54. The maximum absolute atomic E-state index is 12.2. The van der Waals surface area contributed by atoms with E-state index in [1.165, 1.54) is 23.1 Å². The Bertz CT molecular complexity index is 599. The van der Waals surface area contributed by atoms with Crippen LogP contribution in [0.3, 0.4) is 0 Å². The molecule has 2 aromatic rings. The van der Waals surface area contributed by atoms with E-state index in [1.54, 1.807) is 0 Å². The molecule has 0 saturated heterocycles. The maximum Gasteiger partial charge on any atom is 0.267 e. The Balaban J connectivity index is 1.99.